The Morgan fingerprint density at radius 3 is 2.53 bits per heavy atom. The van der Waals surface area contributed by atoms with Crippen LogP contribution in [0.15, 0.2) is 42.5 Å². The summed E-state index contributed by atoms with van der Waals surface area (Å²) in [6, 6.07) is 11.1. The lowest BCUT2D eigenvalue weighted by Crippen LogP contribution is -2.48. The Bertz CT molecular complexity index is 1750. The van der Waals surface area contributed by atoms with Gasteiger partial charge in [-0.1, -0.05) is 11.3 Å². The van der Waals surface area contributed by atoms with Crippen LogP contribution in [0.25, 0.3) is 21.5 Å². The minimum Gasteiger partial charge on any atom is -0.489 e. The van der Waals surface area contributed by atoms with Crippen molar-refractivity contribution in [3.63, 3.8) is 0 Å². The predicted molar refractivity (Wildman–Crippen MR) is 162 cm³/mol. The van der Waals surface area contributed by atoms with Crippen LogP contribution in [0.5, 0.6) is 5.75 Å². The molecule has 3 heterocycles. The van der Waals surface area contributed by atoms with E-state index in [0.29, 0.717) is 44.3 Å². The average molecular weight is 608 g/mol. The number of carbonyl (C=O) groups excluding carboxylic acids is 2. The first kappa shape index (κ1) is 30.3. The van der Waals surface area contributed by atoms with Crippen molar-refractivity contribution in [1.29, 1.82) is 0 Å². The molecule has 6 N–H and O–H groups in total. The van der Waals surface area contributed by atoms with Crippen molar-refractivity contribution in [2.45, 2.75) is 51.2 Å². The first-order valence-electron chi connectivity index (χ1n) is 13.7. The summed E-state index contributed by atoms with van der Waals surface area (Å²) in [7, 11) is 0. The van der Waals surface area contributed by atoms with E-state index in [2.05, 4.69) is 15.6 Å². The number of nitrogens with zero attached hydrogens (tertiary/aromatic N) is 2. The molecule has 5 rings (SSSR count). The summed E-state index contributed by atoms with van der Waals surface area (Å²) >= 11 is 1.27. The fourth-order valence-electron chi connectivity index (χ4n) is 4.86. The Morgan fingerprint density at radius 2 is 1.84 bits per heavy atom. The number of ether oxygens (including phenoxy) is 1. The van der Waals surface area contributed by atoms with E-state index in [-0.39, 0.29) is 37.1 Å². The van der Waals surface area contributed by atoms with Crippen LogP contribution in [0.4, 0.5) is 9.52 Å². The van der Waals surface area contributed by atoms with Gasteiger partial charge in [-0.3, -0.25) is 9.59 Å². The molecule has 2 aromatic carbocycles. The van der Waals surface area contributed by atoms with E-state index in [1.54, 1.807) is 64.1 Å². The highest BCUT2D eigenvalue weighted by atomic mass is 32.1. The molecule has 226 valence electrons. The molecule has 4 aromatic rings. The lowest BCUT2D eigenvalue weighted by molar-refractivity contribution is -0.127. The number of anilines is 1. The molecule has 0 aliphatic carbocycles. The zero-order valence-corrected chi connectivity index (χ0v) is 25.4. The number of nitrogens with one attached hydrogen (secondary N) is 2. The van der Waals surface area contributed by atoms with E-state index in [1.165, 1.54) is 24.3 Å². The molecular weight excluding hydrogens is 573 g/mol. The zero-order valence-electron chi connectivity index (χ0n) is 24.5. The Morgan fingerprint density at radius 1 is 1.09 bits per heavy atom. The van der Waals surface area contributed by atoms with Gasteiger partial charge in [-0.05, 0) is 82.6 Å². The monoisotopic (exact) mass is 607 g/mol. The van der Waals surface area contributed by atoms with Crippen LogP contribution in [0, 0.1) is 12.7 Å². The van der Waals surface area contributed by atoms with E-state index in [4.69, 9.17) is 15.5 Å². The highest BCUT2D eigenvalue weighted by molar-refractivity contribution is 7.22. The van der Waals surface area contributed by atoms with Crippen molar-refractivity contribution in [3.05, 3.63) is 70.7 Å². The summed E-state index contributed by atoms with van der Waals surface area (Å²) in [6.07, 6.45) is 0. The second-order valence-electron chi connectivity index (χ2n) is 12.0. The number of carbonyl (C=O) groups is 2. The number of aromatic nitrogens is 2. The standard InChI is InChI=1S/C31H34FN5O5S/c1-16-10-17(6-8-20(16)32)24-25-19(30(4,15-42-25)27(39)35-13-29(2,3)40)12-23(37-24)31(5,41)14-34-26(38)18-7-9-21-22(11-18)43-28(33)36-21/h6-12,40-41H,13-15H2,1-5H3,(H2,33,36)(H,34,38)(H,35,39)/t30-,31-/m0/s1. The van der Waals surface area contributed by atoms with Gasteiger partial charge in [-0.2, -0.15) is 0 Å². The van der Waals surface area contributed by atoms with E-state index >= 15 is 0 Å². The van der Waals surface area contributed by atoms with Crippen LogP contribution in [0.2, 0.25) is 0 Å². The maximum atomic E-state index is 14.2. The number of fused-ring (bicyclic) bond motifs is 2. The summed E-state index contributed by atoms with van der Waals surface area (Å²) in [5.41, 5.74) is 4.76. The van der Waals surface area contributed by atoms with Crippen molar-refractivity contribution in [2.75, 3.05) is 25.4 Å². The van der Waals surface area contributed by atoms with Gasteiger partial charge in [0.15, 0.2) is 5.13 Å². The van der Waals surface area contributed by atoms with Crippen molar-refractivity contribution in [1.82, 2.24) is 20.6 Å². The summed E-state index contributed by atoms with van der Waals surface area (Å²) in [6.45, 7) is 7.82. The lowest BCUT2D eigenvalue weighted by atomic mass is 9.81. The van der Waals surface area contributed by atoms with Gasteiger partial charge in [-0.25, -0.2) is 14.4 Å². The quantitative estimate of drug-likeness (QED) is 0.203. The fourth-order valence-corrected chi connectivity index (χ4v) is 5.63. The number of nitrogens with two attached hydrogens (primary N) is 1. The van der Waals surface area contributed by atoms with Gasteiger partial charge in [0.1, 0.15) is 34.9 Å². The number of aliphatic hydroxyl groups is 2. The molecule has 0 bridgehead atoms. The minimum atomic E-state index is -1.68. The van der Waals surface area contributed by atoms with Gasteiger partial charge < -0.3 is 31.3 Å². The second kappa shape index (κ2) is 10.9. The third-order valence-electron chi connectivity index (χ3n) is 7.50. The molecule has 2 amide bonds. The second-order valence-corrected chi connectivity index (χ2v) is 13.1. The number of amides is 2. The topological polar surface area (TPSA) is 160 Å². The molecule has 2 atom stereocenters. The third-order valence-corrected chi connectivity index (χ3v) is 8.35. The molecule has 43 heavy (non-hydrogen) atoms. The normalized spacial score (nSPS) is 17.7. The summed E-state index contributed by atoms with van der Waals surface area (Å²) in [4.78, 5) is 35.4. The van der Waals surface area contributed by atoms with Crippen LogP contribution in [0.3, 0.4) is 0 Å². The van der Waals surface area contributed by atoms with Crippen LogP contribution in [-0.4, -0.2) is 57.3 Å². The molecule has 1 aliphatic heterocycles. The Labute approximate surface area is 252 Å². The van der Waals surface area contributed by atoms with E-state index in [1.807, 2.05) is 0 Å². The van der Waals surface area contributed by atoms with Crippen molar-refractivity contribution < 1.29 is 28.9 Å². The molecule has 1 aliphatic rings. The van der Waals surface area contributed by atoms with E-state index in [0.717, 1.165) is 4.70 Å². The molecule has 2 aromatic heterocycles. The maximum absolute atomic E-state index is 14.2. The lowest BCUT2D eigenvalue weighted by Gasteiger charge is -2.28. The van der Waals surface area contributed by atoms with Gasteiger partial charge in [0.25, 0.3) is 5.91 Å². The molecule has 0 saturated carbocycles. The van der Waals surface area contributed by atoms with Gasteiger partial charge in [0.05, 0.1) is 28.1 Å². The van der Waals surface area contributed by atoms with Crippen LogP contribution in [-0.2, 0) is 15.8 Å². The molecule has 12 heteroatoms. The van der Waals surface area contributed by atoms with Gasteiger partial charge in [0.2, 0.25) is 5.91 Å². The Kier molecular flexibility index (Phi) is 7.66. The van der Waals surface area contributed by atoms with Gasteiger partial charge >= 0.3 is 0 Å². The number of pyridine rings is 1. The van der Waals surface area contributed by atoms with Gasteiger partial charge in [-0.15, -0.1) is 0 Å². The SMILES string of the molecule is Cc1cc(-c2nc([C@@](C)(O)CNC(=O)c3ccc4nc(N)sc4c3)cc3c2OC[C@]3(C)C(=O)NCC(C)(C)O)ccc1F. The number of halogens is 1. The maximum Gasteiger partial charge on any atom is 0.251 e. The molecule has 0 radical (unpaired) electrons. The third kappa shape index (κ3) is 6.03. The van der Waals surface area contributed by atoms with Crippen LogP contribution < -0.4 is 21.1 Å². The highest BCUT2D eigenvalue weighted by Crippen LogP contribution is 2.46. The number of rotatable bonds is 8. The van der Waals surface area contributed by atoms with Crippen molar-refractivity contribution in [3.8, 4) is 17.0 Å². The molecule has 0 saturated heterocycles. The zero-order chi connectivity index (χ0) is 31.3. The summed E-state index contributed by atoms with van der Waals surface area (Å²) in [5, 5.41) is 27.7. The average Bonchev–Trinajstić information content (AvgIpc) is 3.50. The molecule has 0 spiro atoms. The van der Waals surface area contributed by atoms with Crippen molar-refractivity contribution >= 4 is 38.5 Å². The molecule has 0 unspecified atom stereocenters. The van der Waals surface area contributed by atoms with Crippen LogP contribution in [0.1, 0.15) is 54.9 Å². The number of benzene rings is 2. The summed E-state index contributed by atoms with van der Waals surface area (Å²) in [5.74, 6) is -0.836. The first-order valence-corrected chi connectivity index (χ1v) is 14.5. The molecule has 10 nitrogen and oxygen atoms in total. The highest BCUT2D eigenvalue weighted by Gasteiger charge is 2.46. The van der Waals surface area contributed by atoms with Gasteiger partial charge in [0, 0.05) is 23.2 Å². The smallest absolute Gasteiger partial charge is 0.251 e. The number of hydrogen-bond acceptors (Lipinski definition) is 9. The van der Waals surface area contributed by atoms with E-state index in [9.17, 15) is 24.2 Å². The first-order chi connectivity index (χ1) is 20.1. The van der Waals surface area contributed by atoms with Crippen molar-refractivity contribution in [2.24, 2.45) is 0 Å². The number of thiazole rings is 1. The van der Waals surface area contributed by atoms with E-state index < -0.39 is 22.5 Å². The number of nitrogen functional groups attached to an aromatic ring is 1. The predicted octanol–water partition coefficient (Wildman–Crippen LogP) is 3.56. The molecular formula is C31H34FN5O5S. The van der Waals surface area contributed by atoms with Crippen LogP contribution >= 0.6 is 11.3 Å². The molecule has 0 fully saturated rings. The fraction of sp³-hybridized carbons (Fsp3) is 0.355. The summed E-state index contributed by atoms with van der Waals surface area (Å²) < 4.78 is 21.0. The Balaban J connectivity index is 1.50. The largest absolute Gasteiger partial charge is 0.489 e. The Hall–Kier alpha value is -4.13. The number of hydrogen-bond donors (Lipinski definition) is 5. The number of aryl methyl sites for hydroxylation is 1. The minimum absolute atomic E-state index is 0.0121.